The molecule has 3 fully saturated rings. The lowest BCUT2D eigenvalue weighted by Crippen LogP contribution is -2.45. The molecular formula is C97H155BrF3O14P3Si2. The van der Waals surface area contributed by atoms with Gasteiger partial charge in [-0.1, -0.05) is 198 Å². The van der Waals surface area contributed by atoms with Crippen LogP contribution in [0.4, 0.5) is 13.2 Å². The zero-order valence-corrected chi connectivity index (χ0v) is 82.6. The maximum absolute atomic E-state index is 15.6. The smallest absolute Gasteiger partial charge is 0.302 e. The third-order valence-corrected chi connectivity index (χ3v) is 41.1. The lowest BCUT2D eigenvalue weighted by molar-refractivity contribution is -0.149. The Balaban J connectivity index is 0.000000268. The van der Waals surface area contributed by atoms with Crippen molar-refractivity contribution in [2.75, 3.05) is 57.0 Å². The number of esters is 2. The summed E-state index contributed by atoms with van der Waals surface area (Å²) in [6, 6.07) is 25.7. The Kier molecular flexibility index (Phi) is 45.2. The average molecular weight is 1830 g/mol. The number of ether oxygens (including phenoxy) is 2. The van der Waals surface area contributed by atoms with Crippen LogP contribution in [0, 0.1) is 53.3 Å². The van der Waals surface area contributed by atoms with E-state index in [0.717, 1.165) is 102 Å². The Morgan fingerprint density at radius 1 is 0.567 bits per heavy atom. The van der Waals surface area contributed by atoms with Gasteiger partial charge in [-0.05, 0) is 242 Å². The Morgan fingerprint density at radius 3 is 1.43 bits per heavy atom. The summed E-state index contributed by atoms with van der Waals surface area (Å²) in [6.07, 6.45) is 33.5. The van der Waals surface area contributed by atoms with E-state index in [-0.39, 0.29) is 101 Å². The third kappa shape index (κ3) is 35.0. The molecule has 3 aromatic rings. The maximum atomic E-state index is 15.6. The average Bonchev–Trinajstić information content (AvgIpc) is 1.60. The van der Waals surface area contributed by atoms with Crippen molar-refractivity contribution in [2.45, 2.75) is 316 Å². The minimum absolute atomic E-state index is 0.0373. The monoisotopic (exact) mass is 1830 g/mol. The van der Waals surface area contributed by atoms with Crippen molar-refractivity contribution in [2.24, 2.45) is 53.3 Å². The Labute approximate surface area is 734 Å². The van der Waals surface area contributed by atoms with Crippen LogP contribution in [0.5, 0.6) is 0 Å². The molecule has 23 heteroatoms. The van der Waals surface area contributed by atoms with Gasteiger partial charge in [-0.15, -0.1) is 0 Å². The van der Waals surface area contributed by atoms with Crippen molar-refractivity contribution in [1.82, 2.24) is 0 Å². The lowest BCUT2D eigenvalue weighted by Gasteiger charge is -2.40. The van der Waals surface area contributed by atoms with Crippen LogP contribution in [-0.2, 0) is 89.1 Å². The predicted molar refractivity (Wildman–Crippen MR) is 500 cm³/mol. The van der Waals surface area contributed by atoms with Gasteiger partial charge in [-0.25, -0.2) is 13.2 Å². The van der Waals surface area contributed by atoms with Gasteiger partial charge in [0.15, 0.2) is 39.7 Å². The first-order chi connectivity index (χ1) is 56.7. The van der Waals surface area contributed by atoms with Crippen LogP contribution in [-0.4, -0.2) is 156 Å². The molecule has 6 aliphatic carbocycles. The van der Waals surface area contributed by atoms with E-state index >= 15 is 8.78 Å². The highest BCUT2D eigenvalue weighted by atomic mass is 79.9. The predicted octanol–water partition coefficient (Wildman–Crippen LogP) is 25.0. The van der Waals surface area contributed by atoms with Gasteiger partial charge in [0.1, 0.15) is 30.7 Å². The first kappa shape index (κ1) is 105. The molecular weight excluding hydrogens is 1680 g/mol. The fraction of sp³-hybridized carbons (Fsp3) is 0.691. The van der Waals surface area contributed by atoms with Crippen molar-refractivity contribution < 1.29 is 78.9 Å². The highest BCUT2D eigenvalue weighted by Crippen LogP contribution is 2.48. The van der Waals surface area contributed by atoms with E-state index in [4.69, 9.17) is 31.9 Å². The number of hydrogen-bond acceptors (Lipinski definition) is 13. The van der Waals surface area contributed by atoms with Gasteiger partial charge >= 0.3 is 11.9 Å². The Bertz CT molecular complexity index is 3710. The van der Waals surface area contributed by atoms with Crippen LogP contribution in [0.2, 0.25) is 36.3 Å². The first-order valence-corrected chi connectivity index (χ1v) is 58.1. The van der Waals surface area contributed by atoms with Gasteiger partial charge in [-0.3, -0.25) is 18.7 Å². The molecule has 120 heavy (non-hydrogen) atoms. The van der Waals surface area contributed by atoms with E-state index in [0.29, 0.717) is 75.5 Å². The highest BCUT2D eigenvalue weighted by molar-refractivity contribution is 9.09. The summed E-state index contributed by atoms with van der Waals surface area (Å²) in [5.41, 5.74) is 8.34. The van der Waals surface area contributed by atoms with Gasteiger partial charge < -0.3 is 47.0 Å². The summed E-state index contributed by atoms with van der Waals surface area (Å²) in [7, 11) is -10.2. The van der Waals surface area contributed by atoms with Crippen LogP contribution >= 0.6 is 39.0 Å². The highest BCUT2D eigenvalue weighted by Gasteiger charge is 2.48. The summed E-state index contributed by atoms with van der Waals surface area (Å²) >= 11 is 3.47. The molecule has 0 radical (unpaired) electrons. The number of hydrogen-bond donors (Lipinski definition) is 3. The number of rotatable bonds is 42. The number of unbranched alkanes of at least 4 members (excludes halogenated alkanes) is 3. The molecule has 3 saturated carbocycles. The van der Waals surface area contributed by atoms with Gasteiger partial charge in [0.2, 0.25) is 0 Å². The van der Waals surface area contributed by atoms with Gasteiger partial charge in [0.25, 0.3) is 0 Å². The standard InChI is InChI=1S/C34H54FO5PSi.C33H50BrFO3Si.C25H38FO4P.C5H13O2P/c1-9-38-41(6,37)21-15-11-10-12-18-30-29(31(35)24-33(30)39-25(2)36)19-20-32(40-42(7,8)34(3,4)5)28-22-26-16-13-14-17-27(26)23-28;1-24(36)37-32-23-31(35)29(30(32)15-9-7-8-12-20-34)19-18-28(38-39(5,6)33(2,3)4)17-16-25-21-26-13-10-11-14-27(26)22-25;1-2-31(29,30)14-8-4-3-5-11-22-21(23(26)17-25(22)28)12-13-24(27)20-15-18-9-6-7-10-19(18)16-20;1-4-6-8(3)7-5-2/h10,12-14,16-17,19-20,28-33H,9,11,15,18,21-24H2,1-8H3;7,9-11,13-14,18-19,25,28-32H,8,12,15-17,20-23H2,1-6H3;3,5-7,9-10,20-25,27-28H,2,4,8,11-17H2,1H3,(H,29,30);4-5H2,1-3H3/b12-10-,20-19+;9-7-,19-18+;5-3-;/t29-,30-,31+,32?,33+,41?;28?,29-,30-,31+,32+;21-,22-,23+,24+,25+;/m111./s1. The van der Waals surface area contributed by atoms with E-state index < -0.39 is 76.6 Å². The summed E-state index contributed by atoms with van der Waals surface area (Å²) in [5.74, 6) is -0.762. The Morgan fingerprint density at radius 2 is 0.992 bits per heavy atom. The number of halogens is 4. The number of aliphatic hydroxyl groups is 2. The molecule has 0 saturated heterocycles. The molecule has 17 atom stereocenters. The fourth-order valence-electron chi connectivity index (χ4n) is 17.6. The van der Waals surface area contributed by atoms with Gasteiger partial charge in [-0.2, -0.15) is 0 Å². The van der Waals surface area contributed by atoms with E-state index in [1.165, 1.54) is 47.2 Å². The molecule has 3 N–H and O–H groups in total. The molecule has 3 aromatic carbocycles. The van der Waals surface area contributed by atoms with Gasteiger partial charge in [0, 0.05) is 93.9 Å². The van der Waals surface area contributed by atoms with Crippen LogP contribution in [0.1, 0.15) is 219 Å². The molecule has 0 spiro atoms. The second-order valence-electron chi connectivity index (χ2n) is 37.7. The number of alkyl halides is 4. The second-order valence-corrected chi connectivity index (χ2v) is 54.9. The van der Waals surface area contributed by atoms with Gasteiger partial charge in [0.05, 0.1) is 44.2 Å². The Hall–Kier alpha value is -3.43. The molecule has 9 rings (SSSR count). The SMILES string of the molecule is CC(=O)O[C@H]1C[C@H](F)[C@H](/C=C/C(CCC2Cc3ccccc3C2)O[Si](C)(C)C(C)(C)C)[C@H]1C/C=C\CCCBr.CCOP(C)(=O)CCC/C=C\C[C@@H]1[C@@H](/C=C/C(O[Si](C)(C)C(C)(C)C)C2Cc3ccccc3C2)[C@@H](F)C[C@@H]1OC(C)=O.CCOP(C)OCC.CCP(=O)(O)CCC/C=C\C[C@@H]1[C@@H](CC[C@H](O)C2Cc3ccccc3C2)[C@@H](F)C[C@@H]1O. The lowest BCUT2D eigenvalue weighted by atomic mass is 9.84. The summed E-state index contributed by atoms with van der Waals surface area (Å²) < 4.78 is 110. The summed E-state index contributed by atoms with van der Waals surface area (Å²) in [5, 5.41) is 22.2. The minimum Gasteiger partial charge on any atom is -0.462 e. The normalized spacial score (nSPS) is 25.4. The molecule has 4 unspecified atom stereocenters. The van der Waals surface area contributed by atoms with Crippen molar-refractivity contribution in [3.05, 3.63) is 167 Å². The first-order valence-electron chi connectivity index (χ1n) is 45.2. The molecule has 0 heterocycles. The molecule has 14 nitrogen and oxygen atoms in total. The number of carbonyl (C=O) groups excluding carboxylic acids is 2. The number of carbonyl (C=O) groups is 2. The molecule has 0 aromatic heterocycles. The van der Waals surface area contributed by atoms with Crippen molar-refractivity contribution >= 4 is 67.6 Å². The van der Waals surface area contributed by atoms with E-state index in [9.17, 15) is 38.2 Å². The fourth-order valence-corrected chi connectivity index (χ4v) is 23.8. The molecule has 678 valence electrons. The quantitative estimate of drug-likeness (QED) is 0.0121. The van der Waals surface area contributed by atoms with Crippen LogP contribution in [0.15, 0.2) is 134 Å². The van der Waals surface area contributed by atoms with Crippen LogP contribution in [0.3, 0.4) is 0 Å². The zero-order valence-electron chi connectivity index (χ0n) is 76.3. The van der Waals surface area contributed by atoms with Crippen molar-refractivity contribution in [1.29, 1.82) is 0 Å². The van der Waals surface area contributed by atoms with Crippen LogP contribution in [0.25, 0.3) is 0 Å². The zero-order chi connectivity index (χ0) is 88.6. The summed E-state index contributed by atoms with van der Waals surface area (Å²) in [6.45, 7) is 38.6. The number of benzene rings is 3. The van der Waals surface area contributed by atoms with E-state index in [1.807, 2.05) is 57.8 Å². The second kappa shape index (κ2) is 51.5. The molecule has 0 amide bonds. The van der Waals surface area contributed by atoms with E-state index in [2.05, 4.69) is 187 Å². The molecule has 0 aliphatic heterocycles. The molecule has 6 aliphatic rings. The number of fused-ring (bicyclic) bond motifs is 3. The number of allylic oxidation sites excluding steroid dienone is 8. The third-order valence-electron chi connectivity index (χ3n) is 26.4. The van der Waals surface area contributed by atoms with Crippen molar-refractivity contribution in [3.8, 4) is 0 Å². The van der Waals surface area contributed by atoms with Crippen molar-refractivity contribution in [3.63, 3.8) is 0 Å². The molecule has 0 bridgehead atoms. The maximum Gasteiger partial charge on any atom is 0.302 e. The topological polar surface area (TPSA) is 194 Å². The summed E-state index contributed by atoms with van der Waals surface area (Å²) in [4.78, 5) is 33.3. The minimum atomic E-state index is -2.96. The largest absolute Gasteiger partial charge is 0.462 e. The van der Waals surface area contributed by atoms with E-state index in [1.54, 1.807) is 13.6 Å². The van der Waals surface area contributed by atoms with Crippen LogP contribution < -0.4 is 0 Å². The number of aliphatic hydroxyl groups excluding tert-OH is 2.